The zero-order valence-corrected chi connectivity index (χ0v) is 17.9. The highest BCUT2D eigenvalue weighted by Gasteiger charge is 2.21. The molecule has 0 aliphatic carbocycles. The lowest BCUT2D eigenvalue weighted by molar-refractivity contribution is -0.120. The lowest BCUT2D eigenvalue weighted by atomic mass is 10.1. The molecular weight excluding hydrogens is 417 g/mol. The monoisotopic (exact) mass is 435 g/mol. The highest BCUT2D eigenvalue weighted by atomic mass is 35.5. The van der Waals surface area contributed by atoms with Gasteiger partial charge in [0.1, 0.15) is 0 Å². The quantitative estimate of drug-likeness (QED) is 0.502. The molecule has 1 amide bonds. The summed E-state index contributed by atoms with van der Waals surface area (Å²) in [6.07, 6.45) is 0. The van der Waals surface area contributed by atoms with Gasteiger partial charge in [-0.05, 0) is 50.1 Å². The van der Waals surface area contributed by atoms with Crippen molar-refractivity contribution in [2.24, 2.45) is 0 Å². The molecule has 0 fully saturated rings. The van der Waals surface area contributed by atoms with Gasteiger partial charge in [-0.25, -0.2) is 0 Å². The van der Waals surface area contributed by atoms with Gasteiger partial charge >= 0.3 is 0 Å². The maximum Gasteiger partial charge on any atom is 0.277 e. The number of nitrogens with one attached hydrogen (secondary N) is 1. The summed E-state index contributed by atoms with van der Waals surface area (Å²) in [6.45, 7) is 5.63. The number of aryl methyl sites for hydroxylation is 1. The molecule has 2 aromatic carbocycles. The molecule has 3 rings (SSSR count). The Morgan fingerprint density at radius 2 is 1.89 bits per heavy atom. The van der Waals surface area contributed by atoms with E-state index in [1.54, 1.807) is 25.1 Å². The second kappa shape index (κ2) is 8.99. The van der Waals surface area contributed by atoms with Crippen molar-refractivity contribution in [1.29, 1.82) is 0 Å². The van der Waals surface area contributed by atoms with Gasteiger partial charge in [0.25, 0.3) is 5.22 Å². The van der Waals surface area contributed by atoms with E-state index in [9.17, 15) is 4.79 Å². The number of carbonyl (C=O) groups is 1. The first-order valence-electron chi connectivity index (χ1n) is 8.66. The van der Waals surface area contributed by atoms with Crippen molar-refractivity contribution < 1.29 is 9.21 Å². The van der Waals surface area contributed by atoms with Crippen molar-refractivity contribution in [3.8, 4) is 11.5 Å². The highest BCUT2D eigenvalue weighted by Crippen LogP contribution is 2.29. The van der Waals surface area contributed by atoms with Crippen LogP contribution in [0.3, 0.4) is 0 Å². The second-order valence-electron chi connectivity index (χ2n) is 6.34. The fraction of sp³-hybridized carbons (Fsp3) is 0.250. The van der Waals surface area contributed by atoms with Crippen LogP contribution in [0.15, 0.2) is 52.1 Å². The van der Waals surface area contributed by atoms with Crippen LogP contribution in [0.4, 0.5) is 0 Å². The summed E-state index contributed by atoms with van der Waals surface area (Å²) < 4.78 is 5.72. The minimum Gasteiger partial charge on any atom is -0.411 e. The maximum atomic E-state index is 12.5. The molecule has 3 aromatic rings. The first kappa shape index (κ1) is 20.7. The van der Waals surface area contributed by atoms with E-state index in [1.165, 1.54) is 11.8 Å². The molecule has 0 unspecified atom stereocenters. The average Bonchev–Trinajstić information content (AvgIpc) is 3.10. The standard InChI is InChI=1S/C20H19Cl2N3O2S/c1-11-6-4-5-7-15(11)19-24-25-20(27-19)28-13(3)18(26)23-12(2)16-9-8-14(21)10-17(16)22/h4-10,12-13H,1-3H3,(H,23,26)/t12-,13-/m0/s1. The SMILES string of the molecule is Cc1ccccc1-c1nnc(S[C@@H](C)C(=O)N[C@@H](C)c2ccc(Cl)cc2Cl)o1. The number of aromatic nitrogens is 2. The number of nitrogens with zero attached hydrogens (tertiary/aromatic N) is 2. The third kappa shape index (κ3) is 4.87. The minimum absolute atomic E-state index is 0.154. The number of carbonyl (C=O) groups excluding carboxylic acids is 1. The van der Waals surface area contributed by atoms with E-state index in [-0.39, 0.29) is 11.9 Å². The predicted molar refractivity (Wildman–Crippen MR) is 113 cm³/mol. The Bertz CT molecular complexity index is 993. The fourth-order valence-electron chi connectivity index (χ4n) is 2.65. The number of thioether (sulfide) groups is 1. The molecule has 0 bridgehead atoms. The van der Waals surface area contributed by atoms with Crippen LogP contribution >= 0.6 is 35.0 Å². The third-order valence-electron chi connectivity index (χ3n) is 4.22. The smallest absolute Gasteiger partial charge is 0.277 e. The first-order chi connectivity index (χ1) is 13.3. The molecule has 1 aromatic heterocycles. The fourth-order valence-corrected chi connectivity index (χ4v) is 3.91. The van der Waals surface area contributed by atoms with E-state index >= 15 is 0 Å². The number of benzene rings is 2. The van der Waals surface area contributed by atoms with Gasteiger partial charge in [-0.15, -0.1) is 10.2 Å². The lowest BCUT2D eigenvalue weighted by Crippen LogP contribution is -2.33. The number of hydrogen-bond donors (Lipinski definition) is 1. The van der Waals surface area contributed by atoms with Crippen LogP contribution in [0.1, 0.15) is 31.0 Å². The molecule has 0 aliphatic rings. The van der Waals surface area contributed by atoms with Gasteiger partial charge in [-0.2, -0.15) is 0 Å². The molecule has 146 valence electrons. The summed E-state index contributed by atoms with van der Waals surface area (Å²) in [5.74, 6) is 0.286. The second-order valence-corrected chi connectivity index (χ2v) is 8.48. The van der Waals surface area contributed by atoms with Gasteiger partial charge in [0.15, 0.2) is 0 Å². The van der Waals surface area contributed by atoms with Gasteiger partial charge in [0.05, 0.1) is 11.3 Å². The Morgan fingerprint density at radius 3 is 2.61 bits per heavy atom. The molecular formula is C20H19Cl2N3O2S. The Labute approximate surface area is 177 Å². The lowest BCUT2D eigenvalue weighted by Gasteiger charge is -2.18. The van der Waals surface area contributed by atoms with Gasteiger partial charge in [0.2, 0.25) is 11.8 Å². The van der Waals surface area contributed by atoms with Gasteiger partial charge in [0, 0.05) is 15.6 Å². The Balaban J connectivity index is 1.64. The number of hydrogen-bond acceptors (Lipinski definition) is 5. The van der Waals surface area contributed by atoms with Gasteiger partial charge in [-0.3, -0.25) is 4.79 Å². The molecule has 2 atom stereocenters. The van der Waals surface area contributed by atoms with E-state index in [1.807, 2.05) is 38.1 Å². The summed E-state index contributed by atoms with van der Waals surface area (Å²) >= 11 is 13.4. The van der Waals surface area contributed by atoms with Crippen LogP contribution < -0.4 is 5.32 Å². The van der Waals surface area contributed by atoms with Gasteiger partial charge in [-0.1, -0.05) is 59.2 Å². The Hall–Kier alpha value is -2.02. The van der Waals surface area contributed by atoms with E-state index in [0.29, 0.717) is 21.2 Å². The van der Waals surface area contributed by atoms with E-state index < -0.39 is 5.25 Å². The van der Waals surface area contributed by atoms with E-state index in [0.717, 1.165) is 16.7 Å². The van der Waals surface area contributed by atoms with Crippen molar-refractivity contribution in [2.45, 2.75) is 37.3 Å². The average molecular weight is 436 g/mol. The van der Waals surface area contributed by atoms with Crippen LogP contribution in [0.25, 0.3) is 11.5 Å². The Kier molecular flexibility index (Phi) is 6.65. The molecule has 0 saturated carbocycles. The topological polar surface area (TPSA) is 68.0 Å². The van der Waals surface area contributed by atoms with Crippen molar-refractivity contribution >= 4 is 40.9 Å². The van der Waals surface area contributed by atoms with Crippen molar-refractivity contribution in [3.63, 3.8) is 0 Å². The van der Waals surface area contributed by atoms with Crippen LogP contribution in [-0.2, 0) is 4.79 Å². The molecule has 0 spiro atoms. The van der Waals surface area contributed by atoms with Crippen molar-refractivity contribution in [3.05, 3.63) is 63.6 Å². The van der Waals surface area contributed by atoms with Crippen LogP contribution in [-0.4, -0.2) is 21.4 Å². The Morgan fingerprint density at radius 1 is 1.14 bits per heavy atom. The molecule has 0 saturated heterocycles. The van der Waals surface area contributed by atoms with Crippen LogP contribution in [0.5, 0.6) is 0 Å². The molecule has 1 N–H and O–H groups in total. The maximum absolute atomic E-state index is 12.5. The molecule has 28 heavy (non-hydrogen) atoms. The molecule has 1 heterocycles. The normalized spacial score (nSPS) is 13.2. The summed E-state index contributed by atoms with van der Waals surface area (Å²) in [4.78, 5) is 12.5. The number of amides is 1. The molecule has 5 nitrogen and oxygen atoms in total. The van der Waals surface area contributed by atoms with E-state index in [2.05, 4.69) is 15.5 Å². The van der Waals surface area contributed by atoms with Crippen molar-refractivity contribution in [2.75, 3.05) is 0 Å². The van der Waals surface area contributed by atoms with Crippen molar-refractivity contribution in [1.82, 2.24) is 15.5 Å². The van der Waals surface area contributed by atoms with Crippen LogP contribution in [0.2, 0.25) is 10.0 Å². The summed E-state index contributed by atoms with van der Waals surface area (Å²) in [5.41, 5.74) is 2.73. The molecule has 0 radical (unpaired) electrons. The minimum atomic E-state index is -0.418. The van der Waals surface area contributed by atoms with Crippen LogP contribution in [0, 0.1) is 6.92 Å². The first-order valence-corrected chi connectivity index (χ1v) is 10.3. The third-order valence-corrected chi connectivity index (χ3v) is 5.71. The number of halogens is 2. The predicted octanol–water partition coefficient (Wildman–Crippen LogP) is 5.71. The summed E-state index contributed by atoms with van der Waals surface area (Å²) in [6, 6.07) is 12.7. The highest BCUT2D eigenvalue weighted by molar-refractivity contribution is 8.00. The van der Waals surface area contributed by atoms with E-state index in [4.69, 9.17) is 27.6 Å². The number of rotatable bonds is 6. The summed E-state index contributed by atoms with van der Waals surface area (Å²) in [7, 11) is 0. The zero-order valence-electron chi connectivity index (χ0n) is 15.6. The summed E-state index contributed by atoms with van der Waals surface area (Å²) in [5, 5.41) is 12.1. The molecule has 8 heteroatoms. The largest absolute Gasteiger partial charge is 0.411 e. The zero-order chi connectivity index (χ0) is 20.3. The van der Waals surface area contributed by atoms with Gasteiger partial charge < -0.3 is 9.73 Å². The molecule has 0 aliphatic heterocycles.